The summed E-state index contributed by atoms with van der Waals surface area (Å²) in [6.45, 7) is 5.09. The van der Waals surface area contributed by atoms with Crippen LogP contribution in [0.5, 0.6) is 0 Å². The molecule has 0 aliphatic carbocycles. The van der Waals surface area contributed by atoms with Crippen LogP contribution in [0.15, 0.2) is 29.8 Å². The van der Waals surface area contributed by atoms with Crippen molar-refractivity contribution in [3.63, 3.8) is 0 Å². The summed E-state index contributed by atoms with van der Waals surface area (Å²) >= 11 is 1.76. The molecule has 2 aromatic heterocycles. The normalized spacial score (nSPS) is 12.6. The van der Waals surface area contributed by atoms with Crippen molar-refractivity contribution in [2.75, 3.05) is 6.54 Å². The number of nitrogens with zero attached hydrogens (tertiary/aromatic N) is 2. The van der Waals surface area contributed by atoms with Gasteiger partial charge in [0.05, 0.1) is 11.7 Å². The van der Waals surface area contributed by atoms with E-state index >= 15 is 0 Å². The minimum atomic E-state index is 0.191. The molecule has 90 valence electrons. The molecular weight excluding hydrogens is 230 g/mol. The van der Waals surface area contributed by atoms with E-state index in [4.69, 9.17) is 0 Å². The summed E-state index contributed by atoms with van der Waals surface area (Å²) in [5.74, 6) is 0.822. The summed E-state index contributed by atoms with van der Waals surface area (Å²) in [5, 5.41) is 5.64. The molecule has 3 nitrogen and oxygen atoms in total. The third kappa shape index (κ3) is 3.11. The Morgan fingerprint density at radius 1 is 1.41 bits per heavy atom. The highest BCUT2D eigenvalue weighted by molar-refractivity contribution is 7.10. The number of aromatic nitrogens is 2. The number of aryl methyl sites for hydroxylation is 1. The zero-order valence-electron chi connectivity index (χ0n) is 10.2. The number of nitrogens with one attached hydrogen (secondary N) is 1. The quantitative estimate of drug-likeness (QED) is 0.882. The predicted octanol–water partition coefficient (Wildman–Crippen LogP) is 2.94. The molecule has 1 N–H and O–H groups in total. The summed E-state index contributed by atoms with van der Waals surface area (Å²) in [6.07, 6.45) is 2.94. The smallest absolute Gasteiger partial charge is 0.125 e. The lowest BCUT2D eigenvalue weighted by Gasteiger charge is -2.16. The van der Waals surface area contributed by atoms with E-state index in [1.165, 1.54) is 4.88 Å². The fraction of sp³-hybridized carbons (Fsp3) is 0.385. The van der Waals surface area contributed by atoms with E-state index in [1.807, 2.05) is 19.2 Å². The summed E-state index contributed by atoms with van der Waals surface area (Å²) in [5.41, 5.74) is 1.05. The van der Waals surface area contributed by atoms with Gasteiger partial charge in [0.15, 0.2) is 0 Å². The SMILES string of the molecule is CCCNC(c1ccnc(C)n1)c1cccs1. The Kier molecular flexibility index (Phi) is 4.23. The molecule has 0 saturated carbocycles. The fourth-order valence-corrected chi connectivity index (χ4v) is 2.54. The lowest BCUT2D eigenvalue weighted by Crippen LogP contribution is -2.23. The van der Waals surface area contributed by atoms with Gasteiger partial charge in [-0.2, -0.15) is 0 Å². The fourth-order valence-electron chi connectivity index (χ4n) is 1.73. The Hall–Kier alpha value is -1.26. The highest BCUT2D eigenvalue weighted by atomic mass is 32.1. The third-order valence-corrected chi connectivity index (χ3v) is 3.46. The standard InChI is InChI=1S/C13H17N3S/c1-3-7-15-13(12-5-4-9-17-12)11-6-8-14-10(2)16-11/h4-6,8-9,13,15H,3,7H2,1-2H3. The van der Waals surface area contributed by atoms with Gasteiger partial charge in [-0.05, 0) is 37.4 Å². The molecule has 2 aromatic rings. The van der Waals surface area contributed by atoms with Crippen LogP contribution in [0.3, 0.4) is 0 Å². The van der Waals surface area contributed by atoms with Crippen molar-refractivity contribution < 1.29 is 0 Å². The monoisotopic (exact) mass is 247 g/mol. The van der Waals surface area contributed by atoms with Crippen molar-refractivity contribution >= 4 is 11.3 Å². The first-order valence-electron chi connectivity index (χ1n) is 5.87. The van der Waals surface area contributed by atoms with Crippen molar-refractivity contribution in [1.82, 2.24) is 15.3 Å². The van der Waals surface area contributed by atoms with E-state index in [0.717, 1.165) is 24.5 Å². The van der Waals surface area contributed by atoms with Crippen LogP contribution in [0.4, 0.5) is 0 Å². The highest BCUT2D eigenvalue weighted by Gasteiger charge is 2.15. The van der Waals surface area contributed by atoms with Crippen molar-refractivity contribution in [2.45, 2.75) is 26.3 Å². The second-order valence-corrected chi connectivity index (χ2v) is 4.91. The average molecular weight is 247 g/mol. The molecule has 0 spiro atoms. The minimum Gasteiger partial charge on any atom is -0.304 e. The number of hydrogen-bond donors (Lipinski definition) is 1. The molecule has 0 fully saturated rings. The molecule has 4 heteroatoms. The molecule has 0 amide bonds. The Bertz CT molecular complexity index is 453. The van der Waals surface area contributed by atoms with E-state index < -0.39 is 0 Å². The summed E-state index contributed by atoms with van der Waals surface area (Å²) in [6, 6.07) is 6.40. The van der Waals surface area contributed by atoms with Gasteiger partial charge in [-0.15, -0.1) is 11.3 Å². The number of thiophene rings is 1. The van der Waals surface area contributed by atoms with Gasteiger partial charge < -0.3 is 5.32 Å². The molecule has 0 aliphatic rings. The molecule has 0 aliphatic heterocycles. The zero-order chi connectivity index (χ0) is 12.1. The van der Waals surface area contributed by atoms with Gasteiger partial charge in [0.1, 0.15) is 5.82 Å². The van der Waals surface area contributed by atoms with Crippen LogP contribution in [0.25, 0.3) is 0 Å². The molecule has 0 saturated heterocycles. The maximum absolute atomic E-state index is 4.52. The van der Waals surface area contributed by atoms with Gasteiger partial charge in [-0.1, -0.05) is 13.0 Å². The van der Waals surface area contributed by atoms with Crippen molar-refractivity contribution in [2.24, 2.45) is 0 Å². The van der Waals surface area contributed by atoms with Gasteiger partial charge >= 0.3 is 0 Å². The van der Waals surface area contributed by atoms with Crippen LogP contribution in [0, 0.1) is 6.92 Å². The van der Waals surface area contributed by atoms with Crippen LogP contribution < -0.4 is 5.32 Å². The molecule has 1 atom stereocenters. The van der Waals surface area contributed by atoms with Gasteiger partial charge in [0.25, 0.3) is 0 Å². The Labute approximate surface area is 106 Å². The number of hydrogen-bond acceptors (Lipinski definition) is 4. The van der Waals surface area contributed by atoms with Crippen molar-refractivity contribution in [3.05, 3.63) is 46.2 Å². The average Bonchev–Trinajstić information content (AvgIpc) is 2.83. The minimum absolute atomic E-state index is 0.191. The zero-order valence-corrected chi connectivity index (χ0v) is 11.0. The van der Waals surface area contributed by atoms with Crippen LogP contribution in [0.1, 0.15) is 35.8 Å². The summed E-state index contributed by atoms with van der Waals surface area (Å²) in [7, 11) is 0. The first-order valence-corrected chi connectivity index (χ1v) is 6.75. The van der Waals surface area contributed by atoms with E-state index in [1.54, 1.807) is 11.3 Å². The molecule has 17 heavy (non-hydrogen) atoms. The van der Waals surface area contributed by atoms with Crippen molar-refractivity contribution in [3.8, 4) is 0 Å². The molecule has 2 heterocycles. The van der Waals surface area contributed by atoms with E-state index in [2.05, 4.69) is 39.7 Å². The van der Waals surface area contributed by atoms with Crippen LogP contribution in [-0.2, 0) is 0 Å². The second kappa shape index (κ2) is 5.89. The molecule has 1 unspecified atom stereocenters. The Balaban J connectivity index is 2.27. The van der Waals surface area contributed by atoms with Crippen molar-refractivity contribution in [1.29, 1.82) is 0 Å². The van der Waals surface area contributed by atoms with Gasteiger partial charge in [0.2, 0.25) is 0 Å². The maximum atomic E-state index is 4.52. The van der Waals surface area contributed by atoms with E-state index in [0.29, 0.717) is 0 Å². The lowest BCUT2D eigenvalue weighted by atomic mass is 10.1. The van der Waals surface area contributed by atoms with Crippen LogP contribution in [-0.4, -0.2) is 16.5 Å². The molecule has 0 radical (unpaired) electrons. The largest absolute Gasteiger partial charge is 0.304 e. The Morgan fingerprint density at radius 2 is 2.29 bits per heavy atom. The molecular formula is C13H17N3S. The highest BCUT2D eigenvalue weighted by Crippen LogP contribution is 2.24. The first-order chi connectivity index (χ1) is 8.31. The van der Waals surface area contributed by atoms with E-state index in [-0.39, 0.29) is 6.04 Å². The van der Waals surface area contributed by atoms with Crippen LogP contribution >= 0.6 is 11.3 Å². The van der Waals surface area contributed by atoms with Gasteiger partial charge in [-0.3, -0.25) is 0 Å². The molecule has 0 bridgehead atoms. The predicted molar refractivity (Wildman–Crippen MR) is 71.2 cm³/mol. The molecule has 0 aromatic carbocycles. The topological polar surface area (TPSA) is 37.8 Å². The lowest BCUT2D eigenvalue weighted by molar-refractivity contribution is 0.590. The van der Waals surface area contributed by atoms with E-state index in [9.17, 15) is 0 Å². The number of rotatable bonds is 5. The van der Waals surface area contributed by atoms with Gasteiger partial charge in [0, 0.05) is 11.1 Å². The first kappa shape index (κ1) is 12.2. The summed E-state index contributed by atoms with van der Waals surface area (Å²) < 4.78 is 0. The van der Waals surface area contributed by atoms with Gasteiger partial charge in [-0.25, -0.2) is 9.97 Å². The van der Waals surface area contributed by atoms with Crippen LogP contribution in [0.2, 0.25) is 0 Å². The maximum Gasteiger partial charge on any atom is 0.125 e. The Morgan fingerprint density at radius 3 is 2.94 bits per heavy atom. The third-order valence-electron chi connectivity index (χ3n) is 2.52. The molecule has 2 rings (SSSR count). The summed E-state index contributed by atoms with van der Waals surface area (Å²) in [4.78, 5) is 9.97. The second-order valence-electron chi connectivity index (χ2n) is 3.93.